The average molecular weight is 236 g/mol. The molecule has 0 atom stereocenters. The topological polar surface area (TPSA) is 28.7 Å². The molecule has 2 rings (SSSR count). The van der Waals surface area contributed by atoms with Crippen molar-refractivity contribution in [2.24, 2.45) is 0 Å². The van der Waals surface area contributed by atoms with E-state index in [0.717, 1.165) is 12.1 Å². The Hall–Kier alpha value is -2.22. The van der Waals surface area contributed by atoms with Crippen molar-refractivity contribution in [2.75, 3.05) is 0 Å². The first kappa shape index (κ1) is 11.3. The lowest BCUT2D eigenvalue weighted by atomic mass is 10.2. The number of nitrogens with zero attached hydrogens (tertiary/aromatic N) is 2. The Balaban J connectivity index is 2.40. The molecule has 1 aromatic carbocycles. The molecular weight excluding hydrogens is 229 g/mol. The second-order valence-electron chi connectivity index (χ2n) is 3.42. The molecule has 0 radical (unpaired) electrons. The molecule has 0 aliphatic rings. The third kappa shape index (κ3) is 2.16. The number of aromatic nitrogens is 1. The van der Waals surface area contributed by atoms with E-state index in [0.29, 0.717) is 11.4 Å². The summed E-state index contributed by atoms with van der Waals surface area (Å²) < 4.78 is 38.6. The van der Waals surface area contributed by atoms with Gasteiger partial charge in [0.15, 0.2) is 0 Å². The number of hydrogen-bond acceptors (Lipinski definition) is 1. The standard InChI is InChI=1S/C12H7F3N2/c13-12(14,15)9-3-5-10(6-4-9)17-7-1-2-11(17)8-16/h1-7H. The van der Waals surface area contributed by atoms with Crippen LogP contribution in [0, 0.1) is 11.3 Å². The van der Waals surface area contributed by atoms with Gasteiger partial charge < -0.3 is 4.57 Å². The van der Waals surface area contributed by atoms with E-state index in [9.17, 15) is 13.2 Å². The molecule has 1 aromatic heterocycles. The second kappa shape index (κ2) is 3.98. The molecule has 0 saturated heterocycles. The normalized spacial score (nSPS) is 11.2. The van der Waals surface area contributed by atoms with Gasteiger partial charge in [0, 0.05) is 11.9 Å². The Morgan fingerprint density at radius 2 is 1.71 bits per heavy atom. The van der Waals surface area contributed by atoms with Crippen LogP contribution in [0.2, 0.25) is 0 Å². The van der Waals surface area contributed by atoms with Crippen LogP contribution in [0.15, 0.2) is 42.6 Å². The maximum atomic E-state index is 12.3. The van der Waals surface area contributed by atoms with Crippen LogP contribution in [0.3, 0.4) is 0 Å². The molecule has 1 heterocycles. The second-order valence-corrected chi connectivity index (χ2v) is 3.42. The predicted molar refractivity (Wildman–Crippen MR) is 55.5 cm³/mol. The molecule has 5 heteroatoms. The summed E-state index contributed by atoms with van der Waals surface area (Å²) >= 11 is 0. The lowest BCUT2D eigenvalue weighted by Crippen LogP contribution is -2.05. The van der Waals surface area contributed by atoms with Crippen LogP contribution in [0.4, 0.5) is 13.2 Å². The van der Waals surface area contributed by atoms with Crippen molar-refractivity contribution in [3.8, 4) is 11.8 Å². The SMILES string of the molecule is N#Cc1cccn1-c1ccc(C(F)(F)F)cc1. The van der Waals surface area contributed by atoms with Crippen molar-refractivity contribution >= 4 is 0 Å². The first-order chi connectivity index (χ1) is 8.02. The van der Waals surface area contributed by atoms with Gasteiger partial charge in [-0.05, 0) is 36.4 Å². The smallest absolute Gasteiger partial charge is 0.308 e. The highest BCUT2D eigenvalue weighted by Gasteiger charge is 2.29. The van der Waals surface area contributed by atoms with Crippen molar-refractivity contribution in [1.29, 1.82) is 5.26 Å². The van der Waals surface area contributed by atoms with Gasteiger partial charge >= 0.3 is 6.18 Å². The maximum absolute atomic E-state index is 12.3. The Morgan fingerprint density at radius 1 is 1.06 bits per heavy atom. The van der Waals surface area contributed by atoms with E-state index in [2.05, 4.69) is 0 Å². The minimum atomic E-state index is -4.34. The fourth-order valence-corrected chi connectivity index (χ4v) is 1.51. The average Bonchev–Trinajstić information content (AvgIpc) is 2.76. The van der Waals surface area contributed by atoms with Gasteiger partial charge in [0.05, 0.1) is 5.56 Å². The molecule has 0 fully saturated rings. The van der Waals surface area contributed by atoms with Crippen LogP contribution in [-0.4, -0.2) is 4.57 Å². The number of nitriles is 1. The van der Waals surface area contributed by atoms with Gasteiger partial charge in [-0.3, -0.25) is 0 Å². The highest BCUT2D eigenvalue weighted by atomic mass is 19.4. The van der Waals surface area contributed by atoms with Crippen molar-refractivity contribution in [1.82, 2.24) is 4.57 Å². The maximum Gasteiger partial charge on any atom is 0.416 e. The molecule has 0 bridgehead atoms. The molecule has 86 valence electrons. The molecule has 0 unspecified atom stereocenters. The first-order valence-electron chi connectivity index (χ1n) is 4.77. The summed E-state index contributed by atoms with van der Waals surface area (Å²) in [7, 11) is 0. The quantitative estimate of drug-likeness (QED) is 0.746. The minimum Gasteiger partial charge on any atom is -0.308 e. The molecule has 17 heavy (non-hydrogen) atoms. The summed E-state index contributed by atoms with van der Waals surface area (Å²) in [5.41, 5.74) is 0.205. The molecule has 0 saturated carbocycles. The number of halogens is 3. The van der Waals surface area contributed by atoms with E-state index >= 15 is 0 Å². The van der Waals surface area contributed by atoms with Crippen molar-refractivity contribution in [3.05, 3.63) is 53.9 Å². The zero-order valence-electron chi connectivity index (χ0n) is 8.57. The summed E-state index contributed by atoms with van der Waals surface area (Å²) in [5, 5.41) is 8.80. The van der Waals surface area contributed by atoms with Crippen LogP contribution in [0.1, 0.15) is 11.3 Å². The van der Waals surface area contributed by atoms with Gasteiger partial charge in [-0.2, -0.15) is 18.4 Å². The van der Waals surface area contributed by atoms with E-state index in [1.807, 2.05) is 6.07 Å². The number of rotatable bonds is 1. The summed E-state index contributed by atoms with van der Waals surface area (Å²) in [4.78, 5) is 0. The van der Waals surface area contributed by atoms with Crippen LogP contribution in [0.25, 0.3) is 5.69 Å². The third-order valence-electron chi connectivity index (χ3n) is 2.34. The minimum absolute atomic E-state index is 0.379. The van der Waals surface area contributed by atoms with Gasteiger partial charge in [0.25, 0.3) is 0 Å². The summed E-state index contributed by atoms with van der Waals surface area (Å²) in [6.45, 7) is 0. The monoisotopic (exact) mass is 236 g/mol. The fraction of sp³-hybridized carbons (Fsp3) is 0.0833. The molecule has 2 nitrogen and oxygen atoms in total. The molecular formula is C12H7F3N2. The molecule has 0 spiro atoms. The first-order valence-corrected chi connectivity index (χ1v) is 4.77. The number of alkyl halides is 3. The molecule has 0 aliphatic heterocycles. The summed E-state index contributed by atoms with van der Waals surface area (Å²) in [6.07, 6.45) is -2.71. The molecule has 2 aromatic rings. The largest absolute Gasteiger partial charge is 0.416 e. The summed E-state index contributed by atoms with van der Waals surface area (Å²) in [5.74, 6) is 0. The lowest BCUT2D eigenvalue weighted by Gasteiger charge is -2.08. The molecule has 0 aliphatic carbocycles. The Bertz CT molecular complexity index is 559. The Labute approximate surface area is 95.5 Å². The third-order valence-corrected chi connectivity index (χ3v) is 2.34. The summed E-state index contributed by atoms with van der Waals surface area (Å²) in [6, 6.07) is 9.88. The lowest BCUT2D eigenvalue weighted by molar-refractivity contribution is -0.137. The van der Waals surface area contributed by atoms with E-state index in [1.165, 1.54) is 16.7 Å². The molecule has 0 N–H and O–H groups in total. The Morgan fingerprint density at radius 3 is 2.24 bits per heavy atom. The van der Waals surface area contributed by atoms with Crippen LogP contribution in [0.5, 0.6) is 0 Å². The van der Waals surface area contributed by atoms with Crippen LogP contribution < -0.4 is 0 Å². The van der Waals surface area contributed by atoms with Crippen molar-refractivity contribution in [3.63, 3.8) is 0 Å². The predicted octanol–water partition coefficient (Wildman–Crippen LogP) is 3.37. The van der Waals surface area contributed by atoms with Gasteiger partial charge in [0.1, 0.15) is 11.8 Å². The highest BCUT2D eigenvalue weighted by molar-refractivity contribution is 5.40. The van der Waals surface area contributed by atoms with Crippen molar-refractivity contribution < 1.29 is 13.2 Å². The number of benzene rings is 1. The van der Waals surface area contributed by atoms with Gasteiger partial charge in [-0.25, -0.2) is 0 Å². The van der Waals surface area contributed by atoms with E-state index < -0.39 is 11.7 Å². The van der Waals surface area contributed by atoms with E-state index in [4.69, 9.17) is 5.26 Å². The van der Waals surface area contributed by atoms with E-state index in [-0.39, 0.29) is 0 Å². The zero-order valence-corrected chi connectivity index (χ0v) is 8.57. The van der Waals surface area contributed by atoms with Crippen molar-refractivity contribution in [2.45, 2.75) is 6.18 Å². The van der Waals surface area contributed by atoms with Crippen LogP contribution in [-0.2, 0) is 6.18 Å². The van der Waals surface area contributed by atoms with Gasteiger partial charge in [0.2, 0.25) is 0 Å². The fourth-order valence-electron chi connectivity index (χ4n) is 1.51. The van der Waals surface area contributed by atoms with Gasteiger partial charge in [-0.15, -0.1) is 0 Å². The zero-order chi connectivity index (χ0) is 12.5. The van der Waals surface area contributed by atoms with E-state index in [1.54, 1.807) is 18.3 Å². The van der Waals surface area contributed by atoms with Crippen LogP contribution >= 0.6 is 0 Å². The highest BCUT2D eigenvalue weighted by Crippen LogP contribution is 2.29. The molecule has 0 amide bonds. The van der Waals surface area contributed by atoms with Gasteiger partial charge in [-0.1, -0.05) is 0 Å². The number of hydrogen-bond donors (Lipinski definition) is 0. The Kier molecular flexibility index (Phi) is 2.64.